The van der Waals surface area contributed by atoms with Crippen molar-refractivity contribution in [1.82, 2.24) is 4.90 Å². The van der Waals surface area contributed by atoms with Crippen LogP contribution in [0.25, 0.3) is 0 Å². The van der Waals surface area contributed by atoms with Crippen molar-refractivity contribution < 1.29 is 9.84 Å². The zero-order valence-corrected chi connectivity index (χ0v) is 17.1. The van der Waals surface area contributed by atoms with Crippen LogP contribution in [0.1, 0.15) is 42.9 Å². The van der Waals surface area contributed by atoms with Crippen molar-refractivity contribution in [3.63, 3.8) is 0 Å². The number of hydrogen-bond donors (Lipinski definition) is 1. The minimum atomic E-state index is -0.932. The van der Waals surface area contributed by atoms with Crippen LogP contribution in [-0.2, 0) is 16.8 Å². The van der Waals surface area contributed by atoms with Crippen LogP contribution in [0, 0.1) is 0 Å². The lowest BCUT2D eigenvalue weighted by Crippen LogP contribution is -2.44. The number of aryl methyl sites for hydroxylation is 1. The van der Waals surface area contributed by atoms with Crippen molar-refractivity contribution in [3.8, 4) is 0 Å². The molecule has 1 aliphatic rings. The molecule has 146 valence electrons. The predicted molar refractivity (Wildman–Crippen MR) is 111 cm³/mol. The van der Waals surface area contributed by atoms with Gasteiger partial charge in [0.1, 0.15) is 0 Å². The first-order valence-electron chi connectivity index (χ1n) is 9.94. The summed E-state index contributed by atoms with van der Waals surface area (Å²) in [5.41, 5.74) is 2.46. The van der Waals surface area contributed by atoms with E-state index in [0.29, 0.717) is 6.42 Å². The molecule has 0 radical (unpaired) electrons. The van der Waals surface area contributed by atoms with Crippen molar-refractivity contribution in [2.24, 2.45) is 0 Å². The molecule has 1 fully saturated rings. The predicted octanol–water partition coefficient (Wildman–Crippen LogP) is 4.62. The molecule has 27 heavy (non-hydrogen) atoms. The van der Waals surface area contributed by atoms with E-state index in [4.69, 9.17) is 16.3 Å². The largest absolute Gasteiger partial charge is 0.384 e. The number of morpholine rings is 1. The summed E-state index contributed by atoms with van der Waals surface area (Å²) in [6, 6.07) is 16.4. The summed E-state index contributed by atoms with van der Waals surface area (Å²) >= 11 is 6.12. The van der Waals surface area contributed by atoms with Crippen LogP contribution in [0.4, 0.5) is 0 Å². The van der Waals surface area contributed by atoms with Gasteiger partial charge in [-0.25, -0.2) is 0 Å². The highest BCUT2D eigenvalue weighted by molar-refractivity contribution is 6.30. The van der Waals surface area contributed by atoms with E-state index < -0.39 is 5.60 Å². The first-order valence-corrected chi connectivity index (χ1v) is 10.3. The number of nitrogens with zero attached hydrogens (tertiary/aromatic N) is 1. The molecule has 0 unspecified atom stereocenters. The van der Waals surface area contributed by atoms with Gasteiger partial charge < -0.3 is 9.84 Å². The fourth-order valence-corrected chi connectivity index (χ4v) is 4.08. The molecule has 1 heterocycles. The molecule has 1 saturated heterocycles. The van der Waals surface area contributed by atoms with Gasteiger partial charge in [-0.3, -0.25) is 4.90 Å². The molecule has 0 bridgehead atoms. The van der Waals surface area contributed by atoms with Gasteiger partial charge in [0, 0.05) is 30.6 Å². The van der Waals surface area contributed by atoms with E-state index in [-0.39, 0.29) is 5.92 Å². The first-order chi connectivity index (χ1) is 13.1. The van der Waals surface area contributed by atoms with Gasteiger partial charge in [0.2, 0.25) is 0 Å². The number of ether oxygens (including phenoxy) is 1. The lowest BCUT2D eigenvalue weighted by atomic mass is 9.75. The van der Waals surface area contributed by atoms with Crippen LogP contribution < -0.4 is 0 Å². The Morgan fingerprint density at radius 1 is 1.04 bits per heavy atom. The number of benzene rings is 2. The number of aliphatic hydroxyl groups is 1. The summed E-state index contributed by atoms with van der Waals surface area (Å²) in [4.78, 5) is 2.39. The zero-order valence-electron chi connectivity index (χ0n) is 16.3. The van der Waals surface area contributed by atoms with E-state index >= 15 is 0 Å². The minimum absolute atomic E-state index is 0.0367. The lowest BCUT2D eigenvalue weighted by molar-refractivity contribution is -0.0250. The fraction of sp³-hybridized carbons (Fsp3) is 0.478. The first kappa shape index (κ1) is 20.3. The van der Waals surface area contributed by atoms with Crippen molar-refractivity contribution in [2.45, 2.75) is 38.2 Å². The third-order valence-corrected chi connectivity index (χ3v) is 6.05. The second-order valence-corrected chi connectivity index (χ2v) is 7.78. The molecule has 3 nitrogen and oxygen atoms in total. The van der Waals surface area contributed by atoms with Crippen LogP contribution in [0.5, 0.6) is 0 Å². The van der Waals surface area contributed by atoms with Gasteiger partial charge in [0.25, 0.3) is 0 Å². The summed E-state index contributed by atoms with van der Waals surface area (Å²) < 4.78 is 5.50. The molecular weight excluding hydrogens is 358 g/mol. The quantitative estimate of drug-likeness (QED) is 0.752. The lowest BCUT2D eigenvalue weighted by Gasteiger charge is -2.40. The van der Waals surface area contributed by atoms with Gasteiger partial charge in [0.05, 0.1) is 18.8 Å². The summed E-state index contributed by atoms with van der Waals surface area (Å²) in [6.45, 7) is 8.32. The Morgan fingerprint density at radius 2 is 1.67 bits per heavy atom. The van der Waals surface area contributed by atoms with Gasteiger partial charge in [0.15, 0.2) is 0 Å². The van der Waals surface area contributed by atoms with Crippen LogP contribution in [0.15, 0.2) is 48.5 Å². The second kappa shape index (κ2) is 9.20. The second-order valence-electron chi connectivity index (χ2n) is 7.35. The van der Waals surface area contributed by atoms with Gasteiger partial charge in [-0.2, -0.15) is 0 Å². The Labute approximate surface area is 167 Å². The van der Waals surface area contributed by atoms with E-state index in [2.05, 4.69) is 55.1 Å². The van der Waals surface area contributed by atoms with Crippen molar-refractivity contribution in [3.05, 3.63) is 70.2 Å². The van der Waals surface area contributed by atoms with E-state index in [9.17, 15) is 5.11 Å². The Bertz CT molecular complexity index is 710. The van der Waals surface area contributed by atoms with E-state index in [0.717, 1.165) is 55.4 Å². The molecule has 0 amide bonds. The van der Waals surface area contributed by atoms with Crippen LogP contribution >= 0.6 is 11.6 Å². The SMILES string of the molecule is CCc1ccc([C@@](O)(CC)[C@@H](CN2CCOCC2)c2ccc(Cl)cc2)cc1. The Hall–Kier alpha value is -1.39. The Balaban J connectivity index is 1.97. The van der Waals surface area contributed by atoms with Crippen molar-refractivity contribution in [1.29, 1.82) is 0 Å². The van der Waals surface area contributed by atoms with Gasteiger partial charge >= 0.3 is 0 Å². The average molecular weight is 388 g/mol. The van der Waals surface area contributed by atoms with E-state index in [1.807, 2.05) is 12.1 Å². The topological polar surface area (TPSA) is 32.7 Å². The molecule has 0 spiro atoms. The minimum Gasteiger partial charge on any atom is -0.384 e. The van der Waals surface area contributed by atoms with Crippen LogP contribution in [0.2, 0.25) is 5.02 Å². The molecule has 3 rings (SSSR count). The highest BCUT2D eigenvalue weighted by Gasteiger charge is 2.39. The molecule has 1 N–H and O–H groups in total. The van der Waals surface area contributed by atoms with Crippen molar-refractivity contribution >= 4 is 11.6 Å². The van der Waals surface area contributed by atoms with E-state index in [1.165, 1.54) is 5.56 Å². The maximum Gasteiger partial charge on any atom is 0.0974 e. The van der Waals surface area contributed by atoms with Gasteiger partial charge in [-0.15, -0.1) is 0 Å². The van der Waals surface area contributed by atoms with Gasteiger partial charge in [-0.05, 0) is 41.7 Å². The molecule has 1 aliphatic heterocycles. The van der Waals surface area contributed by atoms with E-state index in [1.54, 1.807) is 0 Å². The fourth-order valence-electron chi connectivity index (χ4n) is 3.95. The molecule has 2 aromatic carbocycles. The van der Waals surface area contributed by atoms with Crippen LogP contribution in [0.3, 0.4) is 0 Å². The van der Waals surface area contributed by atoms with Crippen LogP contribution in [-0.4, -0.2) is 42.9 Å². The molecule has 0 saturated carbocycles. The third kappa shape index (κ3) is 4.72. The number of halogens is 1. The Kier molecular flexibility index (Phi) is 6.93. The normalized spacial score (nSPS) is 18.8. The summed E-state index contributed by atoms with van der Waals surface area (Å²) in [6.07, 6.45) is 1.65. The standard InChI is InChI=1S/C23H30ClNO2/c1-3-18-5-9-20(10-6-18)23(26,4-2)22(17-25-13-15-27-16-14-25)19-7-11-21(24)12-8-19/h5-12,22,26H,3-4,13-17H2,1-2H3/t22-,23-/m0/s1. The van der Waals surface area contributed by atoms with Gasteiger partial charge in [-0.1, -0.05) is 61.8 Å². The molecule has 2 atom stereocenters. The highest BCUT2D eigenvalue weighted by atomic mass is 35.5. The smallest absolute Gasteiger partial charge is 0.0974 e. The summed E-state index contributed by atoms with van der Waals surface area (Å²) in [5, 5.41) is 12.6. The zero-order chi connectivity index (χ0) is 19.3. The summed E-state index contributed by atoms with van der Waals surface area (Å²) in [7, 11) is 0. The maximum atomic E-state index is 11.9. The molecule has 4 heteroatoms. The number of rotatable bonds is 7. The molecular formula is C23H30ClNO2. The Morgan fingerprint density at radius 3 is 2.22 bits per heavy atom. The monoisotopic (exact) mass is 387 g/mol. The summed E-state index contributed by atoms with van der Waals surface area (Å²) in [5.74, 6) is -0.0367. The molecule has 0 aromatic heterocycles. The third-order valence-electron chi connectivity index (χ3n) is 5.79. The number of hydrogen-bond acceptors (Lipinski definition) is 3. The molecule has 0 aliphatic carbocycles. The maximum absolute atomic E-state index is 11.9. The van der Waals surface area contributed by atoms with Crippen molar-refractivity contribution in [2.75, 3.05) is 32.8 Å². The average Bonchev–Trinajstić information content (AvgIpc) is 2.73. The highest BCUT2D eigenvalue weighted by Crippen LogP contribution is 2.41. The molecule has 2 aromatic rings.